The van der Waals surface area contributed by atoms with Gasteiger partial charge in [0.15, 0.2) is 0 Å². The Morgan fingerprint density at radius 2 is 1.00 bits per heavy atom. The van der Waals surface area contributed by atoms with E-state index in [4.69, 9.17) is 0 Å². The Morgan fingerprint density at radius 1 is 0.611 bits per heavy atom. The van der Waals surface area contributed by atoms with Gasteiger partial charge in [-0.05, 0) is 11.1 Å². The fourth-order valence-electron chi connectivity index (χ4n) is 1.66. The minimum Gasteiger partial charge on any atom is -0.386 e. The Balaban J connectivity index is 1.64. The van der Waals surface area contributed by atoms with Crippen LogP contribution in [0.25, 0.3) is 0 Å². The first kappa shape index (κ1) is 12.2. The van der Waals surface area contributed by atoms with Gasteiger partial charge in [-0.15, -0.1) is 0 Å². The minimum atomic E-state index is 0.852. The van der Waals surface area contributed by atoms with Gasteiger partial charge in [-0.25, -0.2) is 0 Å². The summed E-state index contributed by atoms with van der Waals surface area (Å²) in [5, 5.41) is 6.49. The van der Waals surface area contributed by atoms with E-state index in [1.54, 1.807) is 0 Å². The van der Waals surface area contributed by atoms with Gasteiger partial charge in [-0.3, -0.25) is 0 Å². The predicted octanol–water partition coefficient (Wildman–Crippen LogP) is 3.04. The van der Waals surface area contributed by atoms with Crippen LogP contribution in [0.5, 0.6) is 0 Å². The third-order valence-electron chi connectivity index (χ3n) is 2.62. The largest absolute Gasteiger partial charge is 0.386 e. The van der Waals surface area contributed by atoms with E-state index in [0.717, 1.165) is 13.1 Å². The summed E-state index contributed by atoms with van der Waals surface area (Å²) in [4.78, 5) is 0. The molecule has 0 radical (unpaired) electrons. The molecule has 0 aromatic heterocycles. The van der Waals surface area contributed by atoms with E-state index >= 15 is 0 Å². The molecule has 0 spiro atoms. The Morgan fingerprint density at radius 3 is 1.39 bits per heavy atom. The molecule has 18 heavy (non-hydrogen) atoms. The standard InChI is InChI=1S/C16H18N2/c1-3-7-15(8-4-1)13-17-11-12-18-14-16-9-5-2-6-10-16/h1-12,17-18H,13-14H2/b12-11+. The molecule has 0 aliphatic carbocycles. The lowest BCUT2D eigenvalue weighted by molar-refractivity contribution is 0.824. The van der Waals surface area contributed by atoms with Crippen LogP contribution in [-0.2, 0) is 13.1 Å². The van der Waals surface area contributed by atoms with Crippen LogP contribution >= 0.6 is 0 Å². The van der Waals surface area contributed by atoms with Gasteiger partial charge in [0.2, 0.25) is 0 Å². The van der Waals surface area contributed by atoms with Gasteiger partial charge in [0.1, 0.15) is 0 Å². The molecule has 2 N–H and O–H groups in total. The van der Waals surface area contributed by atoms with Crippen LogP contribution in [0.4, 0.5) is 0 Å². The van der Waals surface area contributed by atoms with Gasteiger partial charge in [-0.1, -0.05) is 60.7 Å². The molecule has 0 aliphatic rings. The highest BCUT2D eigenvalue weighted by Crippen LogP contribution is 1.97. The fraction of sp³-hybridized carbons (Fsp3) is 0.125. The van der Waals surface area contributed by atoms with Gasteiger partial charge < -0.3 is 10.6 Å². The molecule has 0 saturated heterocycles. The minimum absolute atomic E-state index is 0.852. The zero-order chi connectivity index (χ0) is 12.5. The maximum atomic E-state index is 3.24. The van der Waals surface area contributed by atoms with Crippen LogP contribution in [0, 0.1) is 0 Å². The van der Waals surface area contributed by atoms with Gasteiger partial charge in [-0.2, -0.15) is 0 Å². The highest BCUT2D eigenvalue weighted by atomic mass is 14.9. The number of hydrogen-bond donors (Lipinski definition) is 2. The van der Waals surface area contributed by atoms with E-state index in [1.165, 1.54) is 11.1 Å². The molecule has 0 heterocycles. The van der Waals surface area contributed by atoms with Crippen molar-refractivity contribution in [2.75, 3.05) is 0 Å². The Kier molecular flexibility index (Phi) is 4.88. The quantitative estimate of drug-likeness (QED) is 0.808. The molecule has 0 bridgehead atoms. The lowest BCUT2D eigenvalue weighted by Crippen LogP contribution is -2.09. The molecule has 0 aliphatic heterocycles. The molecule has 0 unspecified atom stereocenters. The van der Waals surface area contributed by atoms with Crippen LogP contribution in [0.3, 0.4) is 0 Å². The van der Waals surface area contributed by atoms with Gasteiger partial charge in [0, 0.05) is 25.5 Å². The van der Waals surface area contributed by atoms with Crippen molar-refractivity contribution in [1.82, 2.24) is 10.6 Å². The summed E-state index contributed by atoms with van der Waals surface area (Å²) in [7, 11) is 0. The van der Waals surface area contributed by atoms with E-state index in [9.17, 15) is 0 Å². The first-order valence-corrected chi connectivity index (χ1v) is 6.15. The predicted molar refractivity (Wildman–Crippen MR) is 75.7 cm³/mol. The van der Waals surface area contributed by atoms with Crippen LogP contribution in [0.1, 0.15) is 11.1 Å². The van der Waals surface area contributed by atoms with Crippen LogP contribution in [0.15, 0.2) is 73.1 Å². The third kappa shape index (κ3) is 4.34. The summed E-state index contributed by atoms with van der Waals surface area (Å²) in [6.07, 6.45) is 3.88. The molecule has 2 aromatic carbocycles. The SMILES string of the molecule is C(=C\NCc1ccccc1)/NCc1ccccc1. The average molecular weight is 238 g/mol. The summed E-state index contributed by atoms with van der Waals surface area (Å²) in [6.45, 7) is 1.70. The van der Waals surface area contributed by atoms with E-state index in [1.807, 2.05) is 48.8 Å². The summed E-state index contributed by atoms with van der Waals surface area (Å²) >= 11 is 0. The number of nitrogens with one attached hydrogen (secondary N) is 2. The highest BCUT2D eigenvalue weighted by Gasteiger charge is 1.87. The number of rotatable bonds is 6. The van der Waals surface area contributed by atoms with Gasteiger partial charge >= 0.3 is 0 Å². The second kappa shape index (κ2) is 7.17. The van der Waals surface area contributed by atoms with Crippen molar-refractivity contribution < 1.29 is 0 Å². The van der Waals surface area contributed by atoms with E-state index in [0.29, 0.717) is 0 Å². The maximum Gasteiger partial charge on any atom is 0.0395 e. The summed E-state index contributed by atoms with van der Waals surface area (Å²) in [6, 6.07) is 20.7. The second-order valence-electron chi connectivity index (χ2n) is 4.07. The lowest BCUT2D eigenvalue weighted by Gasteiger charge is -2.02. The van der Waals surface area contributed by atoms with E-state index < -0.39 is 0 Å². The van der Waals surface area contributed by atoms with Crippen LogP contribution < -0.4 is 10.6 Å². The van der Waals surface area contributed by atoms with Crippen molar-refractivity contribution in [2.24, 2.45) is 0 Å². The van der Waals surface area contributed by atoms with Crippen molar-refractivity contribution in [3.8, 4) is 0 Å². The van der Waals surface area contributed by atoms with Crippen molar-refractivity contribution >= 4 is 0 Å². The zero-order valence-electron chi connectivity index (χ0n) is 10.3. The maximum absolute atomic E-state index is 3.24. The molecule has 0 amide bonds. The molecule has 2 nitrogen and oxygen atoms in total. The molecular weight excluding hydrogens is 220 g/mol. The first-order chi connectivity index (χ1) is 8.95. The summed E-state index contributed by atoms with van der Waals surface area (Å²) in [5.74, 6) is 0. The smallest absolute Gasteiger partial charge is 0.0395 e. The number of benzene rings is 2. The fourth-order valence-corrected chi connectivity index (χ4v) is 1.66. The van der Waals surface area contributed by atoms with E-state index in [2.05, 4.69) is 34.9 Å². The molecule has 2 rings (SSSR count). The third-order valence-corrected chi connectivity index (χ3v) is 2.62. The number of hydrogen-bond acceptors (Lipinski definition) is 2. The van der Waals surface area contributed by atoms with Crippen LogP contribution in [0.2, 0.25) is 0 Å². The molecule has 92 valence electrons. The van der Waals surface area contributed by atoms with Crippen molar-refractivity contribution in [1.29, 1.82) is 0 Å². The van der Waals surface area contributed by atoms with Gasteiger partial charge in [0.25, 0.3) is 0 Å². The zero-order valence-corrected chi connectivity index (χ0v) is 10.3. The molecule has 2 heteroatoms. The average Bonchev–Trinajstić information content (AvgIpc) is 2.45. The normalized spacial score (nSPS) is 10.4. The highest BCUT2D eigenvalue weighted by molar-refractivity contribution is 5.15. The Bertz CT molecular complexity index is 417. The Hall–Kier alpha value is -2.22. The first-order valence-electron chi connectivity index (χ1n) is 6.15. The van der Waals surface area contributed by atoms with E-state index in [-0.39, 0.29) is 0 Å². The Labute approximate surface area is 108 Å². The molecule has 0 fully saturated rings. The lowest BCUT2D eigenvalue weighted by atomic mass is 10.2. The molecular formula is C16H18N2. The summed E-state index contributed by atoms with van der Waals surface area (Å²) < 4.78 is 0. The molecule has 2 aromatic rings. The molecule has 0 saturated carbocycles. The van der Waals surface area contributed by atoms with Gasteiger partial charge in [0.05, 0.1) is 0 Å². The topological polar surface area (TPSA) is 24.1 Å². The molecule has 0 atom stereocenters. The van der Waals surface area contributed by atoms with Crippen LogP contribution in [-0.4, -0.2) is 0 Å². The summed E-state index contributed by atoms with van der Waals surface area (Å²) in [5.41, 5.74) is 2.57. The van der Waals surface area contributed by atoms with Crippen molar-refractivity contribution in [3.63, 3.8) is 0 Å². The monoisotopic (exact) mass is 238 g/mol. The van der Waals surface area contributed by atoms with Crippen molar-refractivity contribution in [3.05, 3.63) is 84.2 Å². The second-order valence-corrected chi connectivity index (χ2v) is 4.07. The van der Waals surface area contributed by atoms with Crippen molar-refractivity contribution in [2.45, 2.75) is 13.1 Å².